The minimum Gasteiger partial charge on any atom is -0.257 e. The first-order chi connectivity index (χ1) is 13.6. The molecular formula is C20H22N4O2S2. The number of rotatable bonds is 3. The second-order valence-corrected chi connectivity index (χ2v) is 10.8. The molecule has 1 saturated carbocycles. The fraction of sp³-hybridized carbons (Fsp3) is 0.400. The first-order valence-corrected chi connectivity index (χ1v) is 12.0. The molecule has 2 aliphatic rings. The molecule has 28 heavy (non-hydrogen) atoms. The summed E-state index contributed by atoms with van der Waals surface area (Å²) in [6.07, 6.45) is 6.90. The Labute approximate surface area is 168 Å². The molecule has 8 heteroatoms. The Morgan fingerprint density at radius 3 is 2.68 bits per heavy atom. The van der Waals surface area contributed by atoms with Gasteiger partial charge in [-0.3, -0.25) is 15.8 Å². The lowest BCUT2D eigenvalue weighted by molar-refractivity contribution is 0.235. The molecule has 2 N–H and O–H groups in total. The fourth-order valence-electron chi connectivity index (χ4n) is 4.49. The van der Waals surface area contributed by atoms with Crippen molar-refractivity contribution >= 4 is 32.2 Å². The van der Waals surface area contributed by atoms with E-state index in [4.69, 9.17) is 0 Å². The topological polar surface area (TPSA) is 84.0 Å². The molecule has 6 nitrogen and oxygen atoms in total. The van der Waals surface area contributed by atoms with Crippen LogP contribution in [-0.4, -0.2) is 30.5 Å². The lowest BCUT2D eigenvalue weighted by atomic mass is 9.73. The highest BCUT2D eigenvalue weighted by atomic mass is 32.2. The molecule has 0 amide bonds. The standard InChI is InChI=1S/C20H22N4O2S2/c25-28(26,18-5-2-12-27-18)17-13-21-16-4-1-3-15(19(16)23-17)14-6-8-20(9-7-14)10-11-22-24-20/h1-5,12-14,22,24H,6-11H2. The van der Waals surface area contributed by atoms with E-state index in [9.17, 15) is 8.42 Å². The average molecular weight is 415 g/mol. The Balaban J connectivity index is 1.52. The molecular weight excluding hydrogens is 392 g/mol. The maximum absolute atomic E-state index is 12.9. The first kappa shape index (κ1) is 18.2. The highest BCUT2D eigenvalue weighted by Gasteiger charge is 2.38. The molecule has 0 bridgehead atoms. The number of nitrogens with zero attached hydrogens (tertiary/aromatic N) is 2. The van der Waals surface area contributed by atoms with Gasteiger partial charge in [0.05, 0.1) is 17.2 Å². The van der Waals surface area contributed by atoms with Gasteiger partial charge < -0.3 is 0 Å². The summed E-state index contributed by atoms with van der Waals surface area (Å²) in [6, 6.07) is 9.34. The van der Waals surface area contributed by atoms with Crippen LogP contribution in [0.4, 0.5) is 0 Å². The predicted octanol–water partition coefficient (Wildman–Crippen LogP) is 3.42. The first-order valence-electron chi connectivity index (χ1n) is 9.62. The van der Waals surface area contributed by atoms with Crippen molar-refractivity contribution in [1.82, 2.24) is 20.8 Å². The van der Waals surface area contributed by atoms with Gasteiger partial charge in [-0.25, -0.2) is 13.4 Å². The molecule has 1 aliphatic carbocycles. The smallest absolute Gasteiger partial charge is 0.234 e. The fourth-order valence-corrected chi connectivity index (χ4v) is 6.73. The normalized spacial score (nSPS) is 25.5. The summed E-state index contributed by atoms with van der Waals surface area (Å²) >= 11 is 1.20. The van der Waals surface area contributed by atoms with E-state index in [1.54, 1.807) is 17.5 Å². The minimum atomic E-state index is -3.63. The lowest BCUT2D eigenvalue weighted by Gasteiger charge is -2.37. The number of benzene rings is 1. The van der Waals surface area contributed by atoms with Crippen LogP contribution in [0.25, 0.3) is 11.0 Å². The maximum atomic E-state index is 12.9. The Hall–Kier alpha value is -1.87. The van der Waals surface area contributed by atoms with Gasteiger partial charge in [-0.2, -0.15) is 0 Å². The number of hydrogen-bond donors (Lipinski definition) is 2. The Kier molecular flexibility index (Phi) is 4.46. The Bertz CT molecular complexity index is 1100. The van der Waals surface area contributed by atoms with Crippen LogP contribution in [0.2, 0.25) is 0 Å². The van der Waals surface area contributed by atoms with Gasteiger partial charge in [-0.05, 0) is 61.1 Å². The van der Waals surface area contributed by atoms with Crippen LogP contribution in [0.5, 0.6) is 0 Å². The third-order valence-corrected chi connectivity index (χ3v) is 9.10. The average Bonchev–Trinajstić information content (AvgIpc) is 3.41. The molecule has 2 aromatic heterocycles. The maximum Gasteiger partial charge on any atom is 0.234 e. The van der Waals surface area contributed by atoms with Crippen molar-refractivity contribution in [1.29, 1.82) is 0 Å². The number of nitrogens with one attached hydrogen (secondary N) is 2. The van der Waals surface area contributed by atoms with Crippen molar-refractivity contribution < 1.29 is 8.42 Å². The van der Waals surface area contributed by atoms with Crippen molar-refractivity contribution in [3.63, 3.8) is 0 Å². The van der Waals surface area contributed by atoms with E-state index >= 15 is 0 Å². The summed E-state index contributed by atoms with van der Waals surface area (Å²) in [6.45, 7) is 1.02. The van der Waals surface area contributed by atoms with Crippen molar-refractivity contribution in [2.75, 3.05) is 6.54 Å². The second-order valence-electron chi connectivity index (χ2n) is 7.72. The van der Waals surface area contributed by atoms with Gasteiger partial charge in [-0.1, -0.05) is 18.2 Å². The molecule has 1 aliphatic heterocycles. The van der Waals surface area contributed by atoms with Gasteiger partial charge in [0.1, 0.15) is 4.21 Å². The monoisotopic (exact) mass is 414 g/mol. The molecule has 5 rings (SSSR count). The molecule has 1 saturated heterocycles. The summed E-state index contributed by atoms with van der Waals surface area (Å²) in [5, 5.41) is 1.79. The van der Waals surface area contributed by atoms with E-state index in [1.165, 1.54) is 17.5 Å². The van der Waals surface area contributed by atoms with Crippen LogP contribution in [0.1, 0.15) is 43.6 Å². The number of para-hydroxylation sites is 1. The molecule has 1 spiro atoms. The van der Waals surface area contributed by atoms with Crippen molar-refractivity contribution in [2.45, 2.75) is 52.8 Å². The number of aromatic nitrogens is 2. The molecule has 0 radical (unpaired) electrons. The van der Waals surface area contributed by atoms with Gasteiger partial charge in [0, 0.05) is 12.1 Å². The lowest BCUT2D eigenvalue weighted by Crippen LogP contribution is -2.46. The SMILES string of the molecule is O=S(=O)(c1cnc2cccc(C3CCC4(CCNN4)CC3)c2n1)c1cccs1. The molecule has 0 atom stereocenters. The zero-order valence-corrected chi connectivity index (χ0v) is 17.0. The molecule has 2 fully saturated rings. The van der Waals surface area contributed by atoms with E-state index in [0.717, 1.165) is 55.2 Å². The summed E-state index contributed by atoms with van der Waals surface area (Å²) in [5.74, 6) is 0.380. The number of fused-ring (bicyclic) bond motifs is 1. The third-order valence-electron chi connectivity index (χ3n) is 6.08. The van der Waals surface area contributed by atoms with Crippen LogP contribution >= 0.6 is 11.3 Å². The van der Waals surface area contributed by atoms with Gasteiger partial charge in [-0.15, -0.1) is 11.3 Å². The summed E-state index contributed by atoms with van der Waals surface area (Å²) < 4.78 is 26.1. The van der Waals surface area contributed by atoms with E-state index in [1.807, 2.05) is 12.1 Å². The quantitative estimate of drug-likeness (QED) is 0.683. The van der Waals surface area contributed by atoms with Crippen molar-refractivity contribution in [3.8, 4) is 0 Å². The second kappa shape index (κ2) is 6.88. The van der Waals surface area contributed by atoms with Gasteiger partial charge in [0.25, 0.3) is 0 Å². The molecule has 146 valence electrons. The molecule has 3 heterocycles. The van der Waals surface area contributed by atoms with Crippen molar-refractivity contribution in [2.24, 2.45) is 0 Å². The van der Waals surface area contributed by atoms with Crippen LogP contribution in [0, 0.1) is 0 Å². The zero-order valence-electron chi connectivity index (χ0n) is 15.4. The van der Waals surface area contributed by atoms with E-state index in [2.05, 4.69) is 26.9 Å². The predicted molar refractivity (Wildman–Crippen MR) is 109 cm³/mol. The van der Waals surface area contributed by atoms with Gasteiger partial charge in [0.2, 0.25) is 9.84 Å². The zero-order chi connectivity index (χ0) is 19.2. The number of hydrogen-bond acceptors (Lipinski definition) is 7. The van der Waals surface area contributed by atoms with E-state index in [0.29, 0.717) is 10.1 Å². The molecule has 3 aromatic rings. The molecule has 1 aromatic carbocycles. The van der Waals surface area contributed by atoms with Gasteiger partial charge >= 0.3 is 0 Å². The van der Waals surface area contributed by atoms with Crippen LogP contribution in [0.3, 0.4) is 0 Å². The van der Waals surface area contributed by atoms with Crippen LogP contribution < -0.4 is 10.9 Å². The Morgan fingerprint density at radius 2 is 1.96 bits per heavy atom. The van der Waals surface area contributed by atoms with Gasteiger partial charge in [0.15, 0.2) is 5.03 Å². The Morgan fingerprint density at radius 1 is 1.11 bits per heavy atom. The summed E-state index contributed by atoms with van der Waals surface area (Å²) in [4.78, 5) is 9.02. The third kappa shape index (κ3) is 3.04. The summed E-state index contributed by atoms with van der Waals surface area (Å²) in [5.41, 5.74) is 9.55. The number of hydrazine groups is 1. The van der Waals surface area contributed by atoms with E-state index in [-0.39, 0.29) is 10.6 Å². The van der Waals surface area contributed by atoms with Crippen LogP contribution in [-0.2, 0) is 9.84 Å². The largest absolute Gasteiger partial charge is 0.257 e. The number of thiophene rings is 1. The highest BCUT2D eigenvalue weighted by Crippen LogP contribution is 2.42. The molecule has 0 unspecified atom stereocenters. The summed E-state index contributed by atoms with van der Waals surface area (Å²) in [7, 11) is -3.63. The highest BCUT2D eigenvalue weighted by molar-refractivity contribution is 7.93. The van der Waals surface area contributed by atoms with Crippen molar-refractivity contribution in [3.05, 3.63) is 47.5 Å². The van der Waals surface area contributed by atoms with E-state index < -0.39 is 9.84 Å². The van der Waals surface area contributed by atoms with Crippen LogP contribution in [0.15, 0.2) is 51.1 Å². The minimum absolute atomic E-state index is 0.0313. The number of sulfone groups is 1.